The smallest absolute Gasteiger partial charge is 0.254 e. The summed E-state index contributed by atoms with van der Waals surface area (Å²) in [6.45, 7) is 1.30. The van der Waals surface area contributed by atoms with Crippen molar-refractivity contribution in [3.63, 3.8) is 0 Å². The average molecular weight is 367 g/mol. The standard InChI is InChI=1S/C25H21NO2/c27-24(21-9-5-2-6-10-21)22-11-13-23(14-12-22)25(28)26-17-15-20(16-18-26)19-7-3-1-4-8-19/h1-15H,16-18H2. The molecule has 1 aliphatic heterocycles. The Morgan fingerprint density at radius 2 is 1.25 bits per heavy atom. The van der Waals surface area contributed by atoms with Crippen LogP contribution in [0.1, 0.15) is 38.3 Å². The van der Waals surface area contributed by atoms with Crippen molar-refractivity contribution in [2.75, 3.05) is 13.1 Å². The largest absolute Gasteiger partial charge is 0.335 e. The van der Waals surface area contributed by atoms with Gasteiger partial charge in [-0.05, 0) is 29.7 Å². The van der Waals surface area contributed by atoms with Crippen LogP contribution in [0.15, 0.2) is 91.0 Å². The first-order chi connectivity index (χ1) is 13.7. The van der Waals surface area contributed by atoms with Gasteiger partial charge in [0, 0.05) is 29.8 Å². The molecular weight excluding hydrogens is 346 g/mol. The third-order valence-corrected chi connectivity index (χ3v) is 5.07. The topological polar surface area (TPSA) is 37.4 Å². The molecule has 0 fully saturated rings. The number of carbonyl (C=O) groups excluding carboxylic acids is 2. The number of amides is 1. The van der Waals surface area contributed by atoms with E-state index >= 15 is 0 Å². The van der Waals surface area contributed by atoms with Crippen LogP contribution in [0.3, 0.4) is 0 Å². The van der Waals surface area contributed by atoms with Crippen molar-refractivity contribution in [3.8, 4) is 0 Å². The minimum absolute atomic E-state index is 0.00192. The van der Waals surface area contributed by atoms with Crippen molar-refractivity contribution in [3.05, 3.63) is 113 Å². The quantitative estimate of drug-likeness (QED) is 0.618. The van der Waals surface area contributed by atoms with Crippen molar-refractivity contribution >= 4 is 17.3 Å². The van der Waals surface area contributed by atoms with Gasteiger partial charge in [0.25, 0.3) is 5.91 Å². The number of hydrogen-bond donors (Lipinski definition) is 0. The van der Waals surface area contributed by atoms with Crippen LogP contribution in [0.5, 0.6) is 0 Å². The molecule has 0 unspecified atom stereocenters. The van der Waals surface area contributed by atoms with Crippen LogP contribution in [-0.4, -0.2) is 29.7 Å². The normalized spacial score (nSPS) is 13.7. The van der Waals surface area contributed by atoms with Crippen LogP contribution in [0.4, 0.5) is 0 Å². The second-order valence-corrected chi connectivity index (χ2v) is 6.87. The molecule has 0 aliphatic carbocycles. The first-order valence-corrected chi connectivity index (χ1v) is 9.46. The molecule has 0 saturated heterocycles. The number of carbonyl (C=O) groups is 2. The summed E-state index contributed by atoms with van der Waals surface area (Å²) in [5.74, 6) is -0.0323. The summed E-state index contributed by atoms with van der Waals surface area (Å²) >= 11 is 0. The van der Waals surface area contributed by atoms with Crippen LogP contribution >= 0.6 is 0 Å². The predicted octanol–water partition coefficient (Wildman–Crippen LogP) is 4.85. The van der Waals surface area contributed by atoms with E-state index in [0.29, 0.717) is 29.8 Å². The highest BCUT2D eigenvalue weighted by atomic mass is 16.2. The maximum atomic E-state index is 12.8. The van der Waals surface area contributed by atoms with Crippen LogP contribution < -0.4 is 0 Å². The summed E-state index contributed by atoms with van der Waals surface area (Å²) in [5.41, 5.74) is 4.36. The Morgan fingerprint density at radius 1 is 0.679 bits per heavy atom. The first kappa shape index (κ1) is 17.9. The van der Waals surface area contributed by atoms with Gasteiger partial charge in [0.05, 0.1) is 0 Å². The summed E-state index contributed by atoms with van der Waals surface area (Å²) in [5, 5.41) is 0. The molecule has 138 valence electrons. The highest BCUT2D eigenvalue weighted by molar-refractivity contribution is 6.09. The van der Waals surface area contributed by atoms with E-state index in [1.807, 2.05) is 41.3 Å². The number of hydrogen-bond acceptors (Lipinski definition) is 2. The van der Waals surface area contributed by atoms with Gasteiger partial charge in [-0.2, -0.15) is 0 Å². The zero-order valence-corrected chi connectivity index (χ0v) is 15.5. The third-order valence-electron chi connectivity index (χ3n) is 5.07. The fourth-order valence-corrected chi connectivity index (χ4v) is 3.47. The predicted molar refractivity (Wildman–Crippen MR) is 111 cm³/mol. The monoisotopic (exact) mass is 367 g/mol. The number of benzene rings is 3. The molecule has 3 aromatic rings. The van der Waals surface area contributed by atoms with Crippen molar-refractivity contribution in [1.82, 2.24) is 4.90 Å². The molecule has 0 aromatic heterocycles. The Labute approximate surface area is 164 Å². The van der Waals surface area contributed by atoms with Crippen LogP contribution in [0.25, 0.3) is 5.57 Å². The molecule has 1 amide bonds. The van der Waals surface area contributed by atoms with E-state index in [0.717, 1.165) is 6.42 Å². The molecule has 1 aliphatic rings. The third kappa shape index (κ3) is 3.79. The zero-order chi connectivity index (χ0) is 19.3. The molecule has 0 bridgehead atoms. The van der Waals surface area contributed by atoms with Crippen LogP contribution in [0.2, 0.25) is 0 Å². The van der Waals surface area contributed by atoms with Gasteiger partial charge < -0.3 is 4.90 Å². The number of rotatable bonds is 4. The van der Waals surface area contributed by atoms with E-state index in [1.165, 1.54) is 11.1 Å². The van der Waals surface area contributed by atoms with Crippen molar-refractivity contribution < 1.29 is 9.59 Å². The van der Waals surface area contributed by atoms with E-state index in [2.05, 4.69) is 18.2 Å². The lowest BCUT2D eigenvalue weighted by atomic mass is 9.98. The minimum atomic E-state index is -0.0343. The summed E-state index contributed by atoms with van der Waals surface area (Å²) in [6, 6.07) is 26.4. The summed E-state index contributed by atoms with van der Waals surface area (Å²) in [6.07, 6.45) is 2.98. The Balaban J connectivity index is 1.44. The van der Waals surface area contributed by atoms with E-state index in [4.69, 9.17) is 0 Å². The van der Waals surface area contributed by atoms with Gasteiger partial charge in [-0.1, -0.05) is 78.9 Å². The average Bonchev–Trinajstić information content (AvgIpc) is 2.79. The van der Waals surface area contributed by atoms with Crippen LogP contribution in [0, 0.1) is 0 Å². The number of nitrogens with zero attached hydrogens (tertiary/aromatic N) is 1. The molecule has 0 spiro atoms. The van der Waals surface area contributed by atoms with Crippen LogP contribution in [-0.2, 0) is 0 Å². The lowest BCUT2D eigenvalue weighted by molar-refractivity contribution is 0.0772. The highest BCUT2D eigenvalue weighted by Crippen LogP contribution is 2.23. The molecule has 0 N–H and O–H groups in total. The molecule has 28 heavy (non-hydrogen) atoms. The minimum Gasteiger partial charge on any atom is -0.335 e. The summed E-state index contributed by atoms with van der Waals surface area (Å²) < 4.78 is 0. The van der Waals surface area contributed by atoms with Crippen molar-refractivity contribution in [1.29, 1.82) is 0 Å². The Hall–Kier alpha value is -3.46. The molecule has 0 atom stereocenters. The first-order valence-electron chi connectivity index (χ1n) is 9.46. The Bertz CT molecular complexity index is 1010. The second-order valence-electron chi connectivity index (χ2n) is 6.87. The number of ketones is 1. The van der Waals surface area contributed by atoms with E-state index in [-0.39, 0.29) is 11.7 Å². The highest BCUT2D eigenvalue weighted by Gasteiger charge is 2.19. The summed E-state index contributed by atoms with van der Waals surface area (Å²) in [7, 11) is 0. The molecule has 3 nitrogen and oxygen atoms in total. The maximum absolute atomic E-state index is 12.8. The van der Waals surface area contributed by atoms with Gasteiger partial charge in [-0.15, -0.1) is 0 Å². The van der Waals surface area contributed by atoms with Gasteiger partial charge in [0.15, 0.2) is 5.78 Å². The SMILES string of the molecule is O=C(c1ccccc1)c1ccc(C(=O)N2CC=C(c3ccccc3)CC2)cc1. The van der Waals surface area contributed by atoms with E-state index in [9.17, 15) is 9.59 Å². The zero-order valence-electron chi connectivity index (χ0n) is 15.5. The van der Waals surface area contributed by atoms with E-state index in [1.54, 1.807) is 36.4 Å². The van der Waals surface area contributed by atoms with Gasteiger partial charge in [-0.3, -0.25) is 9.59 Å². The fraction of sp³-hybridized carbons (Fsp3) is 0.120. The summed E-state index contributed by atoms with van der Waals surface area (Å²) in [4.78, 5) is 27.2. The second kappa shape index (κ2) is 8.05. The van der Waals surface area contributed by atoms with Gasteiger partial charge in [0.1, 0.15) is 0 Å². The van der Waals surface area contributed by atoms with Crippen molar-refractivity contribution in [2.24, 2.45) is 0 Å². The molecule has 3 aromatic carbocycles. The molecule has 3 heteroatoms. The maximum Gasteiger partial charge on any atom is 0.254 e. The van der Waals surface area contributed by atoms with Gasteiger partial charge in [-0.25, -0.2) is 0 Å². The Morgan fingerprint density at radius 3 is 1.86 bits per heavy atom. The van der Waals surface area contributed by atoms with E-state index < -0.39 is 0 Å². The fourth-order valence-electron chi connectivity index (χ4n) is 3.47. The van der Waals surface area contributed by atoms with Crippen molar-refractivity contribution in [2.45, 2.75) is 6.42 Å². The lowest BCUT2D eigenvalue weighted by Crippen LogP contribution is -2.34. The molecule has 0 saturated carbocycles. The molecule has 4 rings (SSSR count). The molecule has 1 heterocycles. The Kier molecular flexibility index (Phi) is 5.16. The van der Waals surface area contributed by atoms with Gasteiger partial charge in [0.2, 0.25) is 0 Å². The molecule has 0 radical (unpaired) electrons. The van der Waals surface area contributed by atoms with Gasteiger partial charge >= 0.3 is 0 Å². The lowest BCUT2D eigenvalue weighted by Gasteiger charge is -2.27. The molecular formula is C25H21NO2.